The molecule has 0 radical (unpaired) electrons. The third kappa shape index (κ3) is 5.35. The molecule has 1 saturated carbocycles. The Balaban J connectivity index is 1.30. The zero-order valence-electron chi connectivity index (χ0n) is 23.8. The second-order valence-electron chi connectivity index (χ2n) is 11.1. The standard InChI is InChI=1S/C32H35N7O3/c1-2-27-25-18-26(29(19-28(25)35-34-27)42-20-21-6-4-3-5-7-21)30-36-37-31(32(40)33-22-8-9-22)39(30)24-12-10-23(11-13-24)38-14-16-41-17-15-38/h3-7,10,12-13,18-19,22-23H,2,8-9,11,14-17,20H2,1H3,(H,33,40)(H,34,35). The third-order valence-corrected chi connectivity index (χ3v) is 8.18. The van der Waals surface area contributed by atoms with E-state index in [9.17, 15) is 4.79 Å². The maximum Gasteiger partial charge on any atom is 0.289 e. The molecular formula is C32H35N7O3. The summed E-state index contributed by atoms with van der Waals surface area (Å²) in [5, 5.41) is 20.9. The zero-order chi connectivity index (χ0) is 28.5. The Hall–Kier alpha value is -4.28. The SMILES string of the molecule is CCc1[nH]nc2cc(OCc3ccccc3)c(-c3nnc(C(=O)NC4CC4)n3C3=CCC(N4CCOCC4)C=C3)cc12. The van der Waals surface area contributed by atoms with Crippen molar-refractivity contribution in [2.45, 2.75) is 51.3 Å². The van der Waals surface area contributed by atoms with Crippen LogP contribution in [-0.4, -0.2) is 74.2 Å². The number of aromatic nitrogens is 5. The van der Waals surface area contributed by atoms with E-state index in [4.69, 9.17) is 9.47 Å². The van der Waals surface area contributed by atoms with Gasteiger partial charge in [0.2, 0.25) is 5.82 Å². The van der Waals surface area contributed by atoms with Crippen molar-refractivity contribution in [3.8, 4) is 17.1 Å². The van der Waals surface area contributed by atoms with Crippen LogP contribution in [0.1, 0.15) is 48.1 Å². The molecule has 2 aromatic heterocycles. The van der Waals surface area contributed by atoms with Crippen LogP contribution in [0.15, 0.2) is 60.7 Å². The summed E-state index contributed by atoms with van der Waals surface area (Å²) in [6.07, 6.45) is 10.1. The van der Waals surface area contributed by atoms with Gasteiger partial charge in [-0.3, -0.25) is 19.4 Å². The maximum absolute atomic E-state index is 13.4. The van der Waals surface area contributed by atoms with Crippen LogP contribution in [-0.2, 0) is 17.8 Å². The summed E-state index contributed by atoms with van der Waals surface area (Å²) < 4.78 is 13.9. The molecule has 2 N–H and O–H groups in total. The number of morpholine rings is 1. The normalized spacial score (nSPS) is 19.2. The van der Waals surface area contributed by atoms with E-state index in [0.717, 1.165) is 85.4 Å². The Morgan fingerprint density at radius 2 is 1.98 bits per heavy atom. The van der Waals surface area contributed by atoms with Gasteiger partial charge in [0.25, 0.3) is 5.91 Å². The summed E-state index contributed by atoms with van der Waals surface area (Å²) in [7, 11) is 0. The summed E-state index contributed by atoms with van der Waals surface area (Å²) in [5.74, 6) is 1.25. The van der Waals surface area contributed by atoms with Crippen LogP contribution in [0.4, 0.5) is 0 Å². The van der Waals surface area contributed by atoms with Gasteiger partial charge in [-0.25, -0.2) is 0 Å². The van der Waals surface area contributed by atoms with E-state index in [0.29, 0.717) is 24.2 Å². The minimum Gasteiger partial charge on any atom is -0.488 e. The number of ether oxygens (including phenoxy) is 2. The van der Waals surface area contributed by atoms with Crippen LogP contribution in [0.25, 0.3) is 28.0 Å². The molecule has 1 saturated heterocycles. The minimum absolute atomic E-state index is 0.201. The highest BCUT2D eigenvalue weighted by Crippen LogP contribution is 2.37. The fourth-order valence-corrected chi connectivity index (χ4v) is 5.66. The number of aromatic amines is 1. The minimum atomic E-state index is -0.216. The van der Waals surface area contributed by atoms with E-state index >= 15 is 0 Å². The number of nitrogens with one attached hydrogen (secondary N) is 2. The summed E-state index contributed by atoms with van der Waals surface area (Å²) in [6.45, 7) is 5.82. The first-order valence-corrected chi connectivity index (χ1v) is 14.8. The van der Waals surface area contributed by atoms with Crippen molar-refractivity contribution in [3.63, 3.8) is 0 Å². The Kier molecular flexibility index (Phi) is 7.31. The number of rotatable bonds is 9. The quantitative estimate of drug-likeness (QED) is 0.310. The van der Waals surface area contributed by atoms with Crippen molar-refractivity contribution < 1.29 is 14.3 Å². The van der Waals surface area contributed by atoms with Gasteiger partial charge in [0.05, 0.1) is 24.3 Å². The maximum atomic E-state index is 13.4. The molecule has 3 aliphatic rings. The van der Waals surface area contributed by atoms with Crippen molar-refractivity contribution in [3.05, 3.63) is 77.8 Å². The number of nitrogens with zero attached hydrogens (tertiary/aromatic N) is 5. The molecule has 0 spiro atoms. The number of benzene rings is 2. The van der Waals surface area contributed by atoms with Gasteiger partial charge in [-0.05, 0) is 43.4 Å². The lowest BCUT2D eigenvalue weighted by Gasteiger charge is -2.33. The predicted octanol–water partition coefficient (Wildman–Crippen LogP) is 4.36. The molecule has 10 heteroatoms. The van der Waals surface area contributed by atoms with Crippen molar-refractivity contribution in [1.82, 2.24) is 35.2 Å². The summed E-state index contributed by atoms with van der Waals surface area (Å²) in [6, 6.07) is 14.6. The van der Waals surface area contributed by atoms with E-state index in [2.05, 4.69) is 61.8 Å². The summed E-state index contributed by atoms with van der Waals surface area (Å²) >= 11 is 0. The second kappa shape index (κ2) is 11.5. The molecule has 7 rings (SSSR count). The highest BCUT2D eigenvalue weighted by atomic mass is 16.5. The van der Waals surface area contributed by atoms with Gasteiger partial charge in [0.15, 0.2) is 5.82 Å². The van der Waals surface area contributed by atoms with Crippen molar-refractivity contribution in [1.29, 1.82) is 0 Å². The molecule has 1 aliphatic heterocycles. The third-order valence-electron chi connectivity index (χ3n) is 8.18. The van der Waals surface area contributed by atoms with Crippen LogP contribution >= 0.6 is 0 Å². The average molecular weight is 566 g/mol. The molecule has 1 amide bonds. The largest absolute Gasteiger partial charge is 0.488 e. The molecule has 1 unspecified atom stereocenters. The van der Waals surface area contributed by atoms with Gasteiger partial charge in [0, 0.05) is 48.0 Å². The van der Waals surface area contributed by atoms with Gasteiger partial charge in [-0.1, -0.05) is 49.4 Å². The summed E-state index contributed by atoms with van der Waals surface area (Å²) in [5.41, 5.74) is 4.54. The molecule has 2 aromatic carbocycles. The fourth-order valence-electron chi connectivity index (χ4n) is 5.66. The van der Waals surface area contributed by atoms with Gasteiger partial charge < -0.3 is 14.8 Å². The molecule has 0 bridgehead atoms. The molecule has 2 fully saturated rings. The molecule has 42 heavy (non-hydrogen) atoms. The molecule has 2 aliphatic carbocycles. The van der Waals surface area contributed by atoms with Gasteiger partial charge in [0.1, 0.15) is 12.4 Å². The van der Waals surface area contributed by atoms with Crippen molar-refractivity contribution in [2.75, 3.05) is 26.3 Å². The number of amides is 1. The fraction of sp³-hybridized carbons (Fsp3) is 0.375. The second-order valence-corrected chi connectivity index (χ2v) is 11.1. The molecule has 216 valence electrons. The molecule has 1 atom stereocenters. The lowest BCUT2D eigenvalue weighted by Crippen LogP contribution is -2.43. The van der Waals surface area contributed by atoms with E-state index in [1.807, 2.05) is 41.0 Å². The van der Waals surface area contributed by atoms with Crippen LogP contribution in [0, 0.1) is 0 Å². The monoisotopic (exact) mass is 565 g/mol. The number of fused-ring (bicyclic) bond motifs is 1. The number of carbonyl (C=O) groups excluding carboxylic acids is 1. The Bertz CT molecular complexity index is 1650. The van der Waals surface area contributed by atoms with E-state index in [-0.39, 0.29) is 17.8 Å². The predicted molar refractivity (Wildman–Crippen MR) is 160 cm³/mol. The van der Waals surface area contributed by atoms with Crippen LogP contribution in [0.2, 0.25) is 0 Å². The van der Waals surface area contributed by atoms with Crippen molar-refractivity contribution in [2.24, 2.45) is 0 Å². The Morgan fingerprint density at radius 3 is 2.71 bits per heavy atom. The molecule has 4 aromatic rings. The summed E-state index contributed by atoms with van der Waals surface area (Å²) in [4.78, 5) is 15.9. The smallest absolute Gasteiger partial charge is 0.289 e. The number of hydrogen-bond donors (Lipinski definition) is 2. The first-order chi connectivity index (χ1) is 20.7. The Morgan fingerprint density at radius 1 is 1.14 bits per heavy atom. The first kappa shape index (κ1) is 26.6. The Labute approximate surface area is 244 Å². The van der Waals surface area contributed by atoms with Crippen LogP contribution < -0.4 is 10.1 Å². The number of carbonyl (C=O) groups is 1. The van der Waals surface area contributed by atoms with Crippen molar-refractivity contribution >= 4 is 22.5 Å². The van der Waals surface area contributed by atoms with E-state index in [1.165, 1.54) is 0 Å². The first-order valence-electron chi connectivity index (χ1n) is 14.8. The highest BCUT2D eigenvalue weighted by Gasteiger charge is 2.30. The number of allylic oxidation sites excluding steroid dienone is 2. The molecule has 10 nitrogen and oxygen atoms in total. The van der Waals surface area contributed by atoms with Gasteiger partial charge in [-0.2, -0.15) is 5.10 Å². The lowest BCUT2D eigenvalue weighted by molar-refractivity contribution is 0.0260. The number of aryl methyl sites for hydroxylation is 1. The number of hydrogen-bond acceptors (Lipinski definition) is 7. The van der Waals surface area contributed by atoms with Crippen LogP contribution in [0.5, 0.6) is 5.75 Å². The van der Waals surface area contributed by atoms with E-state index in [1.54, 1.807) is 0 Å². The highest BCUT2D eigenvalue weighted by molar-refractivity contribution is 5.95. The topological polar surface area (TPSA) is 110 Å². The lowest BCUT2D eigenvalue weighted by atomic mass is 10.0. The van der Waals surface area contributed by atoms with Gasteiger partial charge >= 0.3 is 0 Å². The number of H-pyrrole nitrogens is 1. The zero-order valence-corrected chi connectivity index (χ0v) is 23.8. The average Bonchev–Trinajstić information content (AvgIpc) is 3.59. The van der Waals surface area contributed by atoms with E-state index < -0.39 is 0 Å². The molecular weight excluding hydrogens is 530 g/mol. The van der Waals surface area contributed by atoms with Crippen LogP contribution in [0.3, 0.4) is 0 Å². The molecule has 3 heterocycles. The van der Waals surface area contributed by atoms with Gasteiger partial charge in [-0.15, -0.1) is 10.2 Å².